The minimum atomic E-state index is -0.220. The van der Waals surface area contributed by atoms with E-state index in [0.717, 1.165) is 24.2 Å². The number of nitrogens with zero attached hydrogens (tertiary/aromatic N) is 2. The third kappa shape index (κ3) is 3.29. The van der Waals surface area contributed by atoms with Gasteiger partial charge in [0, 0.05) is 12.2 Å². The number of carbonyl (C=O) groups excluding carboxylic acids is 1. The van der Waals surface area contributed by atoms with Gasteiger partial charge in [0.1, 0.15) is 0 Å². The molecule has 6 heteroatoms. The van der Waals surface area contributed by atoms with Gasteiger partial charge in [-0.15, -0.1) is 10.2 Å². The fraction of sp³-hybridized carbons (Fsp3) is 0.308. The highest BCUT2D eigenvalue weighted by molar-refractivity contribution is 7.17. The van der Waals surface area contributed by atoms with E-state index in [0.29, 0.717) is 10.1 Å². The van der Waals surface area contributed by atoms with Gasteiger partial charge in [0.25, 0.3) is 5.91 Å². The summed E-state index contributed by atoms with van der Waals surface area (Å²) in [6, 6.07) is 7.75. The van der Waals surface area contributed by atoms with E-state index in [4.69, 9.17) is 0 Å². The Morgan fingerprint density at radius 2 is 2.05 bits per heavy atom. The molecule has 0 atom stereocenters. The molecule has 0 fully saturated rings. The van der Waals surface area contributed by atoms with E-state index in [2.05, 4.69) is 27.8 Å². The first-order valence-corrected chi connectivity index (χ1v) is 7.02. The van der Waals surface area contributed by atoms with Crippen molar-refractivity contribution < 1.29 is 4.79 Å². The van der Waals surface area contributed by atoms with Crippen molar-refractivity contribution in [3.63, 3.8) is 0 Å². The lowest BCUT2D eigenvalue weighted by atomic mass is 10.1. The van der Waals surface area contributed by atoms with Crippen LogP contribution in [0.5, 0.6) is 0 Å². The number of hydrogen-bond acceptors (Lipinski definition) is 5. The van der Waals surface area contributed by atoms with Gasteiger partial charge in [0.15, 0.2) is 0 Å². The van der Waals surface area contributed by atoms with Gasteiger partial charge in [-0.2, -0.15) is 0 Å². The maximum absolute atomic E-state index is 12.1. The van der Waals surface area contributed by atoms with Crippen LogP contribution in [-0.2, 0) is 6.42 Å². The molecule has 2 aromatic rings. The third-order valence-corrected chi connectivity index (χ3v) is 3.47. The first-order chi connectivity index (χ1) is 9.24. The lowest BCUT2D eigenvalue weighted by molar-refractivity contribution is 0.102. The summed E-state index contributed by atoms with van der Waals surface area (Å²) in [5.41, 5.74) is 1.93. The lowest BCUT2D eigenvalue weighted by Crippen LogP contribution is -2.12. The van der Waals surface area contributed by atoms with E-state index in [1.807, 2.05) is 31.2 Å². The highest BCUT2D eigenvalue weighted by atomic mass is 32.1. The van der Waals surface area contributed by atoms with E-state index >= 15 is 0 Å². The summed E-state index contributed by atoms with van der Waals surface area (Å²) in [5, 5.41) is 14.7. The summed E-state index contributed by atoms with van der Waals surface area (Å²) in [6.07, 6.45) is 0.870. The molecule has 0 spiro atoms. The Bertz CT molecular complexity index is 567. The molecule has 1 aromatic carbocycles. The van der Waals surface area contributed by atoms with Crippen molar-refractivity contribution in [2.75, 3.05) is 17.2 Å². The summed E-state index contributed by atoms with van der Waals surface area (Å²) >= 11 is 1.25. The predicted molar refractivity (Wildman–Crippen MR) is 77.8 cm³/mol. The van der Waals surface area contributed by atoms with Crippen molar-refractivity contribution in [1.82, 2.24) is 10.2 Å². The molecule has 0 unspecified atom stereocenters. The average molecular weight is 276 g/mol. The quantitative estimate of drug-likeness (QED) is 0.881. The number of hydrogen-bond donors (Lipinski definition) is 2. The topological polar surface area (TPSA) is 66.9 Å². The van der Waals surface area contributed by atoms with E-state index in [1.54, 1.807) is 0 Å². The van der Waals surface area contributed by atoms with Crippen LogP contribution < -0.4 is 10.6 Å². The second-order valence-electron chi connectivity index (χ2n) is 3.91. The van der Waals surface area contributed by atoms with Gasteiger partial charge in [-0.3, -0.25) is 4.79 Å². The monoisotopic (exact) mass is 276 g/mol. The molecule has 0 saturated carbocycles. The smallest absolute Gasteiger partial charge is 0.286 e. The zero-order chi connectivity index (χ0) is 13.7. The second kappa shape index (κ2) is 6.29. The minimum absolute atomic E-state index is 0.220. The highest BCUT2D eigenvalue weighted by Gasteiger charge is 2.13. The van der Waals surface area contributed by atoms with Crippen LogP contribution in [0, 0.1) is 0 Å². The first-order valence-electron chi connectivity index (χ1n) is 6.21. The van der Waals surface area contributed by atoms with E-state index in [-0.39, 0.29) is 5.91 Å². The largest absolute Gasteiger partial charge is 0.360 e. The van der Waals surface area contributed by atoms with Crippen molar-refractivity contribution in [2.45, 2.75) is 20.3 Å². The van der Waals surface area contributed by atoms with Crippen molar-refractivity contribution >= 4 is 28.1 Å². The number of para-hydroxylation sites is 1. The standard InChI is InChI=1S/C13H16N4OS/c1-3-9-7-5-6-8-10(9)15-11(18)12-16-17-13(19-12)14-4-2/h5-8H,3-4H2,1-2H3,(H,14,17)(H,15,18). The Morgan fingerprint density at radius 3 is 2.79 bits per heavy atom. The maximum Gasteiger partial charge on any atom is 0.286 e. The van der Waals surface area contributed by atoms with Gasteiger partial charge in [-0.25, -0.2) is 0 Å². The summed E-state index contributed by atoms with van der Waals surface area (Å²) in [6.45, 7) is 4.78. The van der Waals surface area contributed by atoms with Crippen molar-refractivity contribution in [3.8, 4) is 0 Å². The number of aryl methyl sites for hydroxylation is 1. The maximum atomic E-state index is 12.1. The van der Waals surface area contributed by atoms with Crippen LogP contribution in [-0.4, -0.2) is 22.6 Å². The molecule has 0 radical (unpaired) electrons. The van der Waals surface area contributed by atoms with E-state index < -0.39 is 0 Å². The van der Waals surface area contributed by atoms with Crippen LogP contribution in [0.3, 0.4) is 0 Å². The Morgan fingerprint density at radius 1 is 1.26 bits per heavy atom. The van der Waals surface area contributed by atoms with Gasteiger partial charge in [-0.1, -0.05) is 36.5 Å². The van der Waals surface area contributed by atoms with Crippen LogP contribution in [0.15, 0.2) is 24.3 Å². The molecule has 5 nitrogen and oxygen atoms in total. The number of rotatable bonds is 5. The van der Waals surface area contributed by atoms with Crippen LogP contribution in [0.4, 0.5) is 10.8 Å². The normalized spacial score (nSPS) is 10.2. The Balaban J connectivity index is 2.11. The molecule has 0 bridgehead atoms. The SMILES string of the molecule is CCNc1nnc(C(=O)Nc2ccccc2CC)s1. The molecule has 0 aliphatic rings. The van der Waals surface area contributed by atoms with Gasteiger partial charge < -0.3 is 10.6 Å². The van der Waals surface area contributed by atoms with E-state index in [1.165, 1.54) is 11.3 Å². The molecule has 0 aliphatic carbocycles. The van der Waals surface area contributed by atoms with Gasteiger partial charge in [0.2, 0.25) is 10.1 Å². The van der Waals surface area contributed by atoms with Crippen LogP contribution in [0.1, 0.15) is 29.2 Å². The number of benzene rings is 1. The van der Waals surface area contributed by atoms with Crippen LogP contribution in [0.2, 0.25) is 0 Å². The number of anilines is 2. The fourth-order valence-electron chi connectivity index (χ4n) is 1.66. The van der Waals surface area contributed by atoms with E-state index in [9.17, 15) is 4.79 Å². The summed E-state index contributed by atoms with van der Waals surface area (Å²) in [5.74, 6) is -0.220. The predicted octanol–water partition coefficient (Wildman–Crippen LogP) is 2.78. The van der Waals surface area contributed by atoms with Gasteiger partial charge in [-0.05, 0) is 25.0 Å². The molecule has 1 heterocycles. The van der Waals surface area contributed by atoms with Crippen molar-refractivity contribution in [1.29, 1.82) is 0 Å². The summed E-state index contributed by atoms with van der Waals surface area (Å²) in [4.78, 5) is 12.1. The molecular weight excluding hydrogens is 260 g/mol. The zero-order valence-electron chi connectivity index (χ0n) is 10.9. The summed E-state index contributed by atoms with van der Waals surface area (Å²) < 4.78 is 0. The Labute approximate surface area is 116 Å². The molecule has 100 valence electrons. The highest BCUT2D eigenvalue weighted by Crippen LogP contribution is 2.19. The van der Waals surface area contributed by atoms with Crippen molar-refractivity contribution in [3.05, 3.63) is 34.8 Å². The molecular formula is C13H16N4OS. The molecule has 0 aliphatic heterocycles. The Kier molecular flexibility index (Phi) is 4.46. The van der Waals surface area contributed by atoms with Crippen LogP contribution >= 0.6 is 11.3 Å². The molecule has 2 rings (SSSR count). The molecule has 2 N–H and O–H groups in total. The third-order valence-electron chi connectivity index (χ3n) is 2.59. The fourth-order valence-corrected chi connectivity index (χ4v) is 2.37. The molecule has 1 aromatic heterocycles. The molecule has 1 amide bonds. The molecule has 0 saturated heterocycles. The number of aromatic nitrogens is 2. The van der Waals surface area contributed by atoms with Crippen molar-refractivity contribution in [2.24, 2.45) is 0 Å². The average Bonchev–Trinajstić information content (AvgIpc) is 2.88. The number of carbonyl (C=O) groups is 1. The van der Waals surface area contributed by atoms with Gasteiger partial charge in [0.05, 0.1) is 0 Å². The van der Waals surface area contributed by atoms with Crippen LogP contribution in [0.25, 0.3) is 0 Å². The minimum Gasteiger partial charge on any atom is -0.360 e. The van der Waals surface area contributed by atoms with Gasteiger partial charge >= 0.3 is 0 Å². The number of amides is 1. The second-order valence-corrected chi connectivity index (χ2v) is 4.89. The summed E-state index contributed by atoms with van der Waals surface area (Å²) in [7, 11) is 0. The Hall–Kier alpha value is -1.95. The zero-order valence-corrected chi connectivity index (χ0v) is 11.8. The number of nitrogens with one attached hydrogen (secondary N) is 2. The lowest BCUT2D eigenvalue weighted by Gasteiger charge is -2.07. The molecule has 19 heavy (non-hydrogen) atoms. The first kappa shape index (κ1) is 13.5.